The second kappa shape index (κ2) is 14.1. The summed E-state index contributed by atoms with van der Waals surface area (Å²) in [6, 6.07) is 17.2. The molecular formula is C32H40ClN3O6S. The van der Waals surface area contributed by atoms with Crippen molar-refractivity contribution in [2.45, 2.75) is 64.1 Å². The number of rotatable bonds is 12. The van der Waals surface area contributed by atoms with E-state index >= 15 is 0 Å². The van der Waals surface area contributed by atoms with Crippen LogP contribution in [-0.2, 0) is 26.2 Å². The molecule has 0 aliphatic rings. The lowest BCUT2D eigenvalue weighted by Gasteiger charge is -2.34. The fraction of sp³-hybridized carbons (Fsp3) is 0.375. The maximum atomic E-state index is 14.2. The van der Waals surface area contributed by atoms with Crippen molar-refractivity contribution in [2.75, 3.05) is 25.1 Å². The minimum Gasteiger partial charge on any atom is -0.493 e. The van der Waals surface area contributed by atoms with Crippen LogP contribution in [0.5, 0.6) is 11.5 Å². The lowest BCUT2D eigenvalue weighted by molar-refractivity contribution is -0.141. The quantitative estimate of drug-likeness (QED) is 0.280. The van der Waals surface area contributed by atoms with Crippen molar-refractivity contribution < 1.29 is 27.5 Å². The molecule has 2 amide bonds. The molecule has 0 saturated heterocycles. The fourth-order valence-electron chi connectivity index (χ4n) is 4.50. The smallest absolute Gasteiger partial charge is 0.264 e. The zero-order chi connectivity index (χ0) is 31.9. The molecule has 1 N–H and O–H groups in total. The SMILES string of the molecule is CC[C@@H](C(=O)NC(C)(C)C)N(Cc1ccc(C)cc1)C(=O)CN(c1ccc(Cl)cc1)S(=O)(=O)c1ccc(OC)c(OC)c1. The van der Waals surface area contributed by atoms with E-state index in [0.717, 1.165) is 15.4 Å². The van der Waals surface area contributed by atoms with Crippen molar-refractivity contribution in [2.24, 2.45) is 0 Å². The molecule has 9 nitrogen and oxygen atoms in total. The predicted octanol–water partition coefficient (Wildman–Crippen LogP) is 5.58. The number of anilines is 1. The Hall–Kier alpha value is -3.76. The van der Waals surface area contributed by atoms with Crippen molar-refractivity contribution in [3.8, 4) is 11.5 Å². The first-order chi connectivity index (χ1) is 20.2. The van der Waals surface area contributed by atoms with Gasteiger partial charge < -0.3 is 19.7 Å². The minimum absolute atomic E-state index is 0.101. The molecule has 3 aromatic rings. The largest absolute Gasteiger partial charge is 0.493 e. The normalized spacial score (nSPS) is 12.3. The van der Waals surface area contributed by atoms with Crippen LogP contribution in [0.15, 0.2) is 71.6 Å². The Balaban J connectivity index is 2.10. The highest BCUT2D eigenvalue weighted by atomic mass is 35.5. The van der Waals surface area contributed by atoms with Gasteiger partial charge in [-0.3, -0.25) is 13.9 Å². The molecule has 0 aliphatic heterocycles. The molecule has 0 aliphatic carbocycles. The lowest BCUT2D eigenvalue weighted by atomic mass is 10.1. The Morgan fingerprint density at radius 2 is 1.53 bits per heavy atom. The summed E-state index contributed by atoms with van der Waals surface area (Å²) >= 11 is 6.11. The molecule has 3 aromatic carbocycles. The van der Waals surface area contributed by atoms with Gasteiger partial charge in [0.25, 0.3) is 10.0 Å². The number of benzene rings is 3. The number of sulfonamides is 1. The Kier molecular flexibility index (Phi) is 11.1. The summed E-state index contributed by atoms with van der Waals surface area (Å²) in [6.07, 6.45) is 0.322. The average molecular weight is 630 g/mol. The molecule has 0 heterocycles. The van der Waals surface area contributed by atoms with Gasteiger partial charge in [0.2, 0.25) is 11.8 Å². The molecule has 0 fully saturated rings. The molecule has 11 heteroatoms. The minimum atomic E-state index is -4.31. The zero-order valence-electron chi connectivity index (χ0n) is 25.7. The second-order valence-corrected chi connectivity index (χ2v) is 13.5. The number of amides is 2. The van der Waals surface area contributed by atoms with E-state index in [1.807, 2.05) is 58.9 Å². The Morgan fingerprint density at radius 1 is 0.930 bits per heavy atom. The summed E-state index contributed by atoms with van der Waals surface area (Å²) < 4.78 is 39.9. The summed E-state index contributed by atoms with van der Waals surface area (Å²) in [4.78, 5) is 29.0. The standard InChI is InChI=1S/C32H40ClN3O6S/c1-8-27(31(38)34-32(3,4)5)35(20-23-11-9-22(2)10-12-23)30(37)21-36(25-15-13-24(33)14-16-25)43(39,40)26-17-18-28(41-6)29(19-26)42-7/h9-19,27H,8,20-21H2,1-7H3,(H,34,38)/t27-/m0/s1. The van der Waals surface area contributed by atoms with E-state index in [9.17, 15) is 18.0 Å². The van der Waals surface area contributed by atoms with Gasteiger partial charge in [0.15, 0.2) is 11.5 Å². The highest BCUT2D eigenvalue weighted by molar-refractivity contribution is 7.92. The van der Waals surface area contributed by atoms with Crippen LogP contribution in [0.25, 0.3) is 0 Å². The first-order valence-corrected chi connectivity index (χ1v) is 15.7. The van der Waals surface area contributed by atoms with Gasteiger partial charge in [0, 0.05) is 23.2 Å². The van der Waals surface area contributed by atoms with Gasteiger partial charge in [0.1, 0.15) is 12.6 Å². The molecule has 0 bridgehead atoms. The van der Waals surface area contributed by atoms with Gasteiger partial charge in [-0.05, 0) is 76.1 Å². The third-order valence-electron chi connectivity index (χ3n) is 6.69. The summed E-state index contributed by atoms with van der Waals surface area (Å²) in [5.74, 6) is -0.293. The molecule has 43 heavy (non-hydrogen) atoms. The molecule has 0 saturated carbocycles. The van der Waals surface area contributed by atoms with Gasteiger partial charge in [-0.25, -0.2) is 8.42 Å². The first-order valence-electron chi connectivity index (χ1n) is 13.9. The summed E-state index contributed by atoms with van der Waals surface area (Å²) in [5.41, 5.74) is 1.56. The van der Waals surface area contributed by atoms with E-state index in [0.29, 0.717) is 17.2 Å². The lowest BCUT2D eigenvalue weighted by Crippen LogP contribution is -2.55. The highest BCUT2D eigenvalue weighted by Gasteiger charge is 2.35. The van der Waals surface area contributed by atoms with Crippen LogP contribution in [0, 0.1) is 6.92 Å². The van der Waals surface area contributed by atoms with Gasteiger partial charge in [0.05, 0.1) is 24.8 Å². The number of carbonyl (C=O) groups is 2. The second-order valence-electron chi connectivity index (χ2n) is 11.2. The molecule has 0 radical (unpaired) electrons. The van der Waals surface area contributed by atoms with Crippen LogP contribution in [0.2, 0.25) is 5.02 Å². The van der Waals surface area contributed by atoms with Crippen molar-refractivity contribution in [3.05, 3.63) is 82.9 Å². The van der Waals surface area contributed by atoms with Crippen LogP contribution in [0.3, 0.4) is 0 Å². The van der Waals surface area contributed by atoms with Gasteiger partial charge in [-0.1, -0.05) is 48.4 Å². The van der Waals surface area contributed by atoms with Crippen molar-refractivity contribution in [1.82, 2.24) is 10.2 Å². The topological polar surface area (TPSA) is 105 Å². The monoisotopic (exact) mass is 629 g/mol. The number of methoxy groups -OCH3 is 2. The molecule has 0 unspecified atom stereocenters. The first kappa shape index (κ1) is 33.7. The van der Waals surface area contributed by atoms with Crippen LogP contribution in [0.1, 0.15) is 45.2 Å². The summed E-state index contributed by atoms with van der Waals surface area (Å²) in [7, 11) is -1.45. The molecule has 3 rings (SSSR count). The van der Waals surface area contributed by atoms with Crippen molar-refractivity contribution >= 4 is 39.1 Å². The van der Waals surface area contributed by atoms with Gasteiger partial charge in [-0.15, -0.1) is 0 Å². The number of nitrogens with zero attached hydrogens (tertiary/aromatic N) is 2. The van der Waals surface area contributed by atoms with Gasteiger partial charge in [-0.2, -0.15) is 0 Å². The number of hydrogen-bond donors (Lipinski definition) is 1. The maximum absolute atomic E-state index is 14.2. The number of aryl methyl sites for hydroxylation is 1. The highest BCUT2D eigenvalue weighted by Crippen LogP contribution is 2.33. The van der Waals surface area contributed by atoms with E-state index in [4.69, 9.17) is 21.1 Å². The van der Waals surface area contributed by atoms with E-state index in [1.54, 1.807) is 12.1 Å². The zero-order valence-corrected chi connectivity index (χ0v) is 27.3. The van der Waals surface area contributed by atoms with Crippen LogP contribution in [-0.4, -0.2) is 57.5 Å². The summed E-state index contributed by atoms with van der Waals surface area (Å²) in [5, 5.41) is 3.37. The molecular weight excluding hydrogens is 590 g/mol. The molecule has 0 aromatic heterocycles. The Morgan fingerprint density at radius 3 is 2.07 bits per heavy atom. The maximum Gasteiger partial charge on any atom is 0.264 e. The Labute approximate surface area is 259 Å². The van der Waals surface area contributed by atoms with Crippen LogP contribution < -0.4 is 19.1 Å². The summed E-state index contributed by atoms with van der Waals surface area (Å²) in [6.45, 7) is 8.91. The number of carbonyl (C=O) groups excluding carboxylic acids is 2. The molecule has 0 spiro atoms. The van der Waals surface area contributed by atoms with Crippen LogP contribution in [0.4, 0.5) is 5.69 Å². The number of halogens is 1. The van der Waals surface area contributed by atoms with Crippen molar-refractivity contribution in [1.29, 1.82) is 0 Å². The van der Waals surface area contributed by atoms with E-state index < -0.39 is 34.1 Å². The van der Waals surface area contributed by atoms with Crippen LogP contribution >= 0.6 is 11.6 Å². The van der Waals surface area contributed by atoms with Crippen molar-refractivity contribution in [3.63, 3.8) is 0 Å². The third kappa shape index (κ3) is 8.64. The molecule has 232 valence electrons. The van der Waals surface area contributed by atoms with E-state index in [-0.39, 0.29) is 28.8 Å². The van der Waals surface area contributed by atoms with E-state index in [1.165, 1.54) is 49.5 Å². The number of nitrogens with one attached hydrogen (secondary N) is 1. The van der Waals surface area contributed by atoms with Gasteiger partial charge >= 0.3 is 0 Å². The average Bonchev–Trinajstić information content (AvgIpc) is 2.95. The number of hydrogen-bond acceptors (Lipinski definition) is 6. The van der Waals surface area contributed by atoms with E-state index in [2.05, 4.69) is 5.32 Å². The predicted molar refractivity (Wildman–Crippen MR) is 169 cm³/mol. The Bertz CT molecular complexity index is 1520. The fourth-order valence-corrected chi connectivity index (χ4v) is 6.06. The third-order valence-corrected chi connectivity index (χ3v) is 8.72. The molecule has 1 atom stereocenters. The number of ether oxygens (including phenoxy) is 2.